The molecule has 1 atom stereocenters. The Balaban J connectivity index is 2.05. The van der Waals surface area contributed by atoms with Gasteiger partial charge in [-0.2, -0.15) is 0 Å². The highest BCUT2D eigenvalue weighted by molar-refractivity contribution is 6.02. The molecular formula is C15H14N2O3. The number of amides is 2. The van der Waals surface area contributed by atoms with Crippen molar-refractivity contribution in [2.24, 2.45) is 0 Å². The van der Waals surface area contributed by atoms with Gasteiger partial charge in [0.25, 0.3) is 0 Å². The van der Waals surface area contributed by atoms with Crippen LogP contribution in [0.3, 0.4) is 0 Å². The fourth-order valence-electron chi connectivity index (χ4n) is 2.78. The smallest absolute Gasteiger partial charge is 0.234 e. The summed E-state index contributed by atoms with van der Waals surface area (Å²) in [5, 5.41) is 3.35. The van der Waals surface area contributed by atoms with Crippen molar-refractivity contribution in [1.82, 2.24) is 9.88 Å². The van der Waals surface area contributed by atoms with Gasteiger partial charge in [0.1, 0.15) is 6.29 Å². The van der Waals surface area contributed by atoms with E-state index in [9.17, 15) is 14.4 Å². The van der Waals surface area contributed by atoms with Gasteiger partial charge in [0, 0.05) is 23.5 Å². The van der Waals surface area contributed by atoms with Crippen molar-refractivity contribution >= 4 is 29.0 Å². The molecule has 3 rings (SSSR count). The molecule has 102 valence electrons. The SMILES string of the molecule is O=CCn1ccc2c(C3CCC(=O)NC3=O)cccc21. The summed E-state index contributed by atoms with van der Waals surface area (Å²) in [5.74, 6) is -0.752. The standard InChI is InChI=1S/C15H14N2O3/c18-9-8-17-7-6-11-10(2-1-3-13(11)17)12-4-5-14(19)16-15(12)20/h1-3,6-7,9,12H,4-5,8H2,(H,16,19,20). The van der Waals surface area contributed by atoms with Crippen LogP contribution in [0.25, 0.3) is 10.9 Å². The molecule has 1 aromatic carbocycles. The predicted octanol–water partition coefficient (Wildman–Crippen LogP) is 1.36. The molecule has 2 aromatic rings. The molecular weight excluding hydrogens is 256 g/mol. The summed E-state index contributed by atoms with van der Waals surface area (Å²) in [6.45, 7) is 0.294. The van der Waals surface area contributed by atoms with Crippen molar-refractivity contribution < 1.29 is 14.4 Å². The highest BCUT2D eigenvalue weighted by atomic mass is 16.2. The molecule has 5 heteroatoms. The quantitative estimate of drug-likeness (QED) is 0.676. The molecule has 5 nitrogen and oxygen atoms in total. The number of hydrogen-bond donors (Lipinski definition) is 1. The lowest BCUT2D eigenvalue weighted by Crippen LogP contribution is -2.39. The van der Waals surface area contributed by atoms with E-state index in [2.05, 4.69) is 5.32 Å². The first-order valence-corrected chi connectivity index (χ1v) is 6.56. The lowest BCUT2D eigenvalue weighted by molar-refractivity contribution is -0.134. The van der Waals surface area contributed by atoms with Crippen molar-refractivity contribution in [3.05, 3.63) is 36.0 Å². The number of rotatable bonds is 3. The molecule has 1 N–H and O–H groups in total. The van der Waals surface area contributed by atoms with Crippen LogP contribution >= 0.6 is 0 Å². The zero-order valence-electron chi connectivity index (χ0n) is 10.8. The number of hydrogen-bond acceptors (Lipinski definition) is 3. The summed E-state index contributed by atoms with van der Waals surface area (Å²) >= 11 is 0. The van der Waals surface area contributed by atoms with Crippen LogP contribution in [0, 0.1) is 0 Å². The average Bonchev–Trinajstić information content (AvgIpc) is 2.83. The van der Waals surface area contributed by atoms with E-state index < -0.39 is 0 Å². The Morgan fingerprint density at radius 3 is 2.90 bits per heavy atom. The normalized spacial score (nSPS) is 19.1. The molecule has 1 saturated heterocycles. The van der Waals surface area contributed by atoms with Gasteiger partial charge in [-0.05, 0) is 24.1 Å². The number of nitrogens with zero attached hydrogens (tertiary/aromatic N) is 1. The summed E-state index contributed by atoms with van der Waals surface area (Å²) in [4.78, 5) is 33.9. The largest absolute Gasteiger partial charge is 0.340 e. The van der Waals surface area contributed by atoms with Crippen molar-refractivity contribution in [2.75, 3.05) is 0 Å². The molecule has 2 heterocycles. The number of benzene rings is 1. The molecule has 0 bridgehead atoms. The molecule has 1 aliphatic rings. The fraction of sp³-hybridized carbons (Fsp3) is 0.267. The summed E-state index contributed by atoms with van der Waals surface area (Å²) < 4.78 is 1.84. The highest BCUT2D eigenvalue weighted by Gasteiger charge is 2.29. The van der Waals surface area contributed by atoms with Crippen molar-refractivity contribution in [3.8, 4) is 0 Å². The molecule has 0 radical (unpaired) electrons. The van der Waals surface area contributed by atoms with Gasteiger partial charge in [0.2, 0.25) is 11.8 Å². The number of piperidine rings is 1. The van der Waals surface area contributed by atoms with E-state index in [1.165, 1.54) is 0 Å². The predicted molar refractivity (Wildman–Crippen MR) is 73.1 cm³/mol. The summed E-state index contributed by atoms with van der Waals surface area (Å²) in [7, 11) is 0. The molecule has 20 heavy (non-hydrogen) atoms. The first-order valence-electron chi connectivity index (χ1n) is 6.56. The molecule has 2 amide bonds. The first-order chi connectivity index (χ1) is 9.70. The number of carbonyl (C=O) groups excluding carboxylic acids is 3. The second kappa shape index (κ2) is 4.92. The zero-order chi connectivity index (χ0) is 14.1. The lowest BCUT2D eigenvalue weighted by Gasteiger charge is -2.21. The van der Waals surface area contributed by atoms with E-state index >= 15 is 0 Å². The Hall–Kier alpha value is -2.43. The minimum Gasteiger partial charge on any atom is -0.340 e. The van der Waals surface area contributed by atoms with Gasteiger partial charge < -0.3 is 9.36 Å². The van der Waals surface area contributed by atoms with E-state index in [0.717, 1.165) is 22.8 Å². The van der Waals surface area contributed by atoms with Crippen LogP contribution < -0.4 is 5.32 Å². The Kier molecular flexibility index (Phi) is 3.10. The van der Waals surface area contributed by atoms with Crippen LogP contribution in [0.2, 0.25) is 0 Å². The summed E-state index contributed by atoms with van der Waals surface area (Å²) in [6.07, 6.45) is 3.58. The van der Waals surface area contributed by atoms with Crippen molar-refractivity contribution in [2.45, 2.75) is 25.3 Å². The van der Waals surface area contributed by atoms with E-state index in [1.807, 2.05) is 35.0 Å². The zero-order valence-corrected chi connectivity index (χ0v) is 10.8. The number of nitrogens with one attached hydrogen (secondary N) is 1. The number of imide groups is 1. The third kappa shape index (κ3) is 2.01. The number of aromatic nitrogens is 1. The topological polar surface area (TPSA) is 68.2 Å². The lowest BCUT2D eigenvalue weighted by atomic mass is 9.88. The van der Waals surface area contributed by atoms with Crippen LogP contribution in [0.5, 0.6) is 0 Å². The van der Waals surface area contributed by atoms with Gasteiger partial charge in [-0.3, -0.25) is 14.9 Å². The number of carbonyl (C=O) groups is 3. The van der Waals surface area contributed by atoms with Gasteiger partial charge in [0.15, 0.2) is 0 Å². The number of aldehydes is 1. The van der Waals surface area contributed by atoms with E-state index in [1.54, 1.807) is 0 Å². The average molecular weight is 270 g/mol. The van der Waals surface area contributed by atoms with Gasteiger partial charge in [-0.25, -0.2) is 0 Å². The Morgan fingerprint density at radius 2 is 2.15 bits per heavy atom. The summed E-state index contributed by atoms with van der Waals surface area (Å²) in [5.41, 5.74) is 1.84. The molecule has 1 fully saturated rings. The number of fused-ring (bicyclic) bond motifs is 1. The van der Waals surface area contributed by atoms with Crippen LogP contribution in [-0.4, -0.2) is 22.7 Å². The van der Waals surface area contributed by atoms with Gasteiger partial charge in [-0.1, -0.05) is 12.1 Å². The maximum Gasteiger partial charge on any atom is 0.234 e. The monoisotopic (exact) mass is 270 g/mol. The van der Waals surface area contributed by atoms with Gasteiger partial charge in [-0.15, -0.1) is 0 Å². The minimum atomic E-state index is -0.302. The second-order valence-electron chi connectivity index (χ2n) is 4.92. The Labute approximate surface area is 115 Å². The fourth-order valence-corrected chi connectivity index (χ4v) is 2.78. The molecule has 1 aliphatic heterocycles. The Bertz CT molecular complexity index is 702. The third-order valence-electron chi connectivity index (χ3n) is 3.73. The summed E-state index contributed by atoms with van der Waals surface area (Å²) in [6, 6.07) is 7.63. The maximum absolute atomic E-state index is 12.0. The molecule has 0 spiro atoms. The molecule has 0 aliphatic carbocycles. The Morgan fingerprint density at radius 1 is 1.30 bits per heavy atom. The minimum absolute atomic E-state index is 0.211. The second-order valence-corrected chi connectivity index (χ2v) is 4.92. The molecule has 0 saturated carbocycles. The maximum atomic E-state index is 12.0. The van der Waals surface area contributed by atoms with Crippen molar-refractivity contribution in [3.63, 3.8) is 0 Å². The first kappa shape index (κ1) is 12.6. The highest BCUT2D eigenvalue weighted by Crippen LogP contribution is 2.31. The van der Waals surface area contributed by atoms with Gasteiger partial charge >= 0.3 is 0 Å². The third-order valence-corrected chi connectivity index (χ3v) is 3.73. The van der Waals surface area contributed by atoms with E-state index in [4.69, 9.17) is 0 Å². The molecule has 1 unspecified atom stereocenters. The van der Waals surface area contributed by atoms with Gasteiger partial charge in [0.05, 0.1) is 12.5 Å². The van der Waals surface area contributed by atoms with Crippen molar-refractivity contribution in [1.29, 1.82) is 0 Å². The van der Waals surface area contributed by atoms with E-state index in [-0.39, 0.29) is 17.7 Å². The molecule has 1 aromatic heterocycles. The van der Waals surface area contributed by atoms with Crippen LogP contribution in [0.4, 0.5) is 0 Å². The van der Waals surface area contributed by atoms with Crippen LogP contribution in [-0.2, 0) is 20.9 Å². The van der Waals surface area contributed by atoms with Crippen LogP contribution in [0.1, 0.15) is 24.3 Å². The van der Waals surface area contributed by atoms with Crippen LogP contribution in [0.15, 0.2) is 30.5 Å². The van der Waals surface area contributed by atoms with E-state index in [0.29, 0.717) is 19.4 Å².